The zero-order valence-electron chi connectivity index (χ0n) is 19.0. The van der Waals surface area contributed by atoms with E-state index in [1.54, 1.807) is 0 Å². The van der Waals surface area contributed by atoms with E-state index in [-0.39, 0.29) is 0 Å². The summed E-state index contributed by atoms with van der Waals surface area (Å²) < 4.78 is 4.16. The quantitative estimate of drug-likeness (QED) is 0.175. The van der Waals surface area contributed by atoms with Crippen LogP contribution < -0.4 is 0 Å². The Balaban J connectivity index is 1.60. The molecule has 4 nitrogen and oxygen atoms in total. The molecule has 4 heterocycles. The van der Waals surface area contributed by atoms with Gasteiger partial charge in [0.15, 0.2) is 0 Å². The van der Waals surface area contributed by atoms with Crippen LogP contribution in [0.25, 0.3) is 72.7 Å². The molecule has 0 N–H and O–H groups in total. The number of benzene rings is 4. The molecule has 4 aromatic heterocycles. The zero-order chi connectivity index (χ0) is 25.7. The van der Waals surface area contributed by atoms with Crippen molar-refractivity contribution in [1.29, 1.82) is 21.0 Å². The highest BCUT2D eigenvalue weighted by Crippen LogP contribution is 2.47. The maximum absolute atomic E-state index is 9.62. The van der Waals surface area contributed by atoms with Crippen LogP contribution in [0.3, 0.4) is 0 Å². The molecule has 8 rings (SSSR count). The van der Waals surface area contributed by atoms with Crippen molar-refractivity contribution in [2.24, 2.45) is 0 Å². The fourth-order valence-corrected chi connectivity index (χ4v) is 9.70. The first kappa shape index (κ1) is 21.5. The fourth-order valence-electron chi connectivity index (χ4n) is 5.50. The van der Waals surface area contributed by atoms with Gasteiger partial charge in [-0.3, -0.25) is 0 Å². The lowest BCUT2D eigenvalue weighted by molar-refractivity contribution is 1.52. The third-order valence-corrected chi connectivity index (χ3v) is 11.5. The molecular weight excluding hydrogens is 545 g/mol. The average Bonchev–Trinajstić information content (AvgIpc) is 3.73. The highest BCUT2D eigenvalue weighted by Gasteiger charge is 2.19. The van der Waals surface area contributed by atoms with Gasteiger partial charge in [-0.15, -0.1) is 45.3 Å². The highest BCUT2D eigenvalue weighted by molar-refractivity contribution is 7.28. The molecule has 8 heteroatoms. The molecule has 0 unspecified atom stereocenters. The smallest absolute Gasteiger partial charge is 0.110 e. The number of hydrogen-bond donors (Lipinski definition) is 0. The fraction of sp³-hybridized carbons (Fsp3) is 0. The van der Waals surface area contributed by atoms with Crippen molar-refractivity contribution in [1.82, 2.24) is 0 Å². The number of rotatable bonds is 0. The van der Waals surface area contributed by atoms with Gasteiger partial charge in [-0.1, -0.05) is 0 Å². The van der Waals surface area contributed by atoms with Crippen LogP contribution >= 0.6 is 45.3 Å². The number of hydrogen-bond acceptors (Lipinski definition) is 8. The first-order valence-corrected chi connectivity index (χ1v) is 14.7. The van der Waals surface area contributed by atoms with Crippen LogP contribution in [-0.4, -0.2) is 0 Å². The summed E-state index contributed by atoms with van der Waals surface area (Å²) in [6.07, 6.45) is 0. The molecule has 0 bridgehead atoms. The van der Waals surface area contributed by atoms with Crippen LogP contribution in [0.5, 0.6) is 0 Å². The SMILES string of the molecule is N#Cc1cc2c3cc4cc5c(cc4cc3c3cc(C#N)sc3c2s1)c1cc(C#N)sc1c1sc(C#N)cc51. The third kappa shape index (κ3) is 2.73. The Morgan fingerprint density at radius 3 is 0.789 bits per heavy atom. The summed E-state index contributed by atoms with van der Waals surface area (Å²) in [4.78, 5) is 2.60. The number of nitrogens with zero attached hydrogens (tertiary/aromatic N) is 4. The summed E-state index contributed by atoms with van der Waals surface area (Å²) >= 11 is 5.89. The van der Waals surface area contributed by atoms with Crippen molar-refractivity contribution in [3.63, 3.8) is 0 Å². The first-order chi connectivity index (χ1) is 18.6. The van der Waals surface area contributed by atoms with Gasteiger partial charge in [0.05, 0.1) is 18.8 Å². The highest BCUT2D eigenvalue weighted by atomic mass is 32.1. The number of thiophene rings is 4. The maximum atomic E-state index is 9.62. The van der Waals surface area contributed by atoms with E-state index in [1.165, 1.54) is 45.3 Å². The van der Waals surface area contributed by atoms with E-state index in [2.05, 4.69) is 48.5 Å². The molecule has 8 aromatic rings. The molecule has 0 aliphatic heterocycles. The van der Waals surface area contributed by atoms with Gasteiger partial charge in [0.25, 0.3) is 0 Å². The van der Waals surface area contributed by atoms with Crippen LogP contribution in [0, 0.1) is 45.3 Å². The van der Waals surface area contributed by atoms with Crippen molar-refractivity contribution in [3.05, 3.63) is 68.0 Å². The molecule has 0 aliphatic rings. The van der Waals surface area contributed by atoms with E-state index in [4.69, 9.17) is 0 Å². The Labute approximate surface area is 230 Å². The summed E-state index contributed by atoms with van der Waals surface area (Å²) in [5, 5.41) is 49.0. The number of nitriles is 4. The molecule has 0 aliphatic carbocycles. The van der Waals surface area contributed by atoms with Gasteiger partial charge in [0, 0.05) is 21.5 Å². The summed E-state index contributed by atoms with van der Waals surface area (Å²) in [6.45, 7) is 0. The Hall–Kier alpha value is -4.54. The van der Waals surface area contributed by atoms with Crippen molar-refractivity contribution >= 4 is 118 Å². The molecule has 4 aromatic carbocycles. The molecule has 0 amide bonds. The summed E-state index contributed by atoms with van der Waals surface area (Å²) in [5.74, 6) is 0. The standard InChI is InChI=1S/C30H8N4S4/c31-9-15-5-23-19-1-13-2-21-22(26-8-18(12-34)38-30(26)29-25(21)7-17(11-33)37-29)4-14(13)3-20(19)24-6-16(10-32)36-28(24)27(23)35-15/h1-8H. The second-order valence-corrected chi connectivity index (χ2v) is 13.2. The Morgan fingerprint density at radius 1 is 0.342 bits per heavy atom. The van der Waals surface area contributed by atoms with Gasteiger partial charge in [0.2, 0.25) is 0 Å². The second-order valence-electron chi connectivity index (χ2n) is 9.00. The van der Waals surface area contributed by atoms with Crippen LogP contribution in [0.4, 0.5) is 0 Å². The van der Waals surface area contributed by atoms with E-state index in [0.717, 1.165) is 72.7 Å². The van der Waals surface area contributed by atoms with Gasteiger partial charge in [0.1, 0.15) is 43.8 Å². The van der Waals surface area contributed by atoms with Crippen molar-refractivity contribution < 1.29 is 0 Å². The molecule has 0 atom stereocenters. The molecular formula is C30H8N4S4. The lowest BCUT2D eigenvalue weighted by Crippen LogP contribution is -1.82. The second kappa shape index (κ2) is 7.50. The van der Waals surface area contributed by atoms with E-state index < -0.39 is 0 Å². The zero-order valence-corrected chi connectivity index (χ0v) is 22.3. The molecule has 0 fully saturated rings. The Kier molecular flexibility index (Phi) is 4.25. The van der Waals surface area contributed by atoms with E-state index in [0.29, 0.717) is 19.5 Å². The van der Waals surface area contributed by atoms with Crippen molar-refractivity contribution in [2.75, 3.05) is 0 Å². The molecule has 0 radical (unpaired) electrons. The Bertz CT molecular complexity index is 2210. The van der Waals surface area contributed by atoms with Crippen LogP contribution in [0.2, 0.25) is 0 Å². The molecule has 38 heavy (non-hydrogen) atoms. The minimum absolute atomic E-state index is 0.650. The maximum Gasteiger partial charge on any atom is 0.110 e. The summed E-state index contributed by atoms with van der Waals surface area (Å²) in [6, 6.07) is 25.7. The van der Waals surface area contributed by atoms with Gasteiger partial charge < -0.3 is 0 Å². The van der Waals surface area contributed by atoms with Gasteiger partial charge >= 0.3 is 0 Å². The summed E-state index contributed by atoms with van der Waals surface area (Å²) in [7, 11) is 0. The van der Waals surface area contributed by atoms with Crippen LogP contribution in [-0.2, 0) is 0 Å². The monoisotopic (exact) mass is 552 g/mol. The van der Waals surface area contributed by atoms with E-state index in [1.807, 2.05) is 24.3 Å². The van der Waals surface area contributed by atoms with Gasteiger partial charge in [-0.2, -0.15) is 21.0 Å². The first-order valence-electron chi connectivity index (χ1n) is 11.4. The third-order valence-electron chi connectivity index (χ3n) is 7.06. The van der Waals surface area contributed by atoms with Gasteiger partial charge in [-0.25, -0.2) is 0 Å². The topological polar surface area (TPSA) is 95.2 Å². The minimum Gasteiger partial charge on any atom is -0.192 e. The Morgan fingerprint density at radius 2 is 0.579 bits per heavy atom. The average molecular weight is 553 g/mol. The van der Waals surface area contributed by atoms with Crippen molar-refractivity contribution in [2.45, 2.75) is 0 Å². The molecule has 0 spiro atoms. The largest absolute Gasteiger partial charge is 0.192 e. The van der Waals surface area contributed by atoms with Crippen molar-refractivity contribution in [3.8, 4) is 24.3 Å². The lowest BCUT2D eigenvalue weighted by Gasteiger charge is -2.10. The summed E-state index contributed by atoms with van der Waals surface area (Å²) in [5.41, 5.74) is 0. The van der Waals surface area contributed by atoms with Crippen LogP contribution in [0.15, 0.2) is 48.5 Å². The van der Waals surface area contributed by atoms with Crippen LogP contribution in [0.1, 0.15) is 19.5 Å². The molecule has 0 saturated heterocycles. The number of fused-ring (bicyclic) bond motifs is 13. The van der Waals surface area contributed by atoms with E-state index in [9.17, 15) is 21.0 Å². The lowest BCUT2D eigenvalue weighted by atomic mass is 9.94. The normalized spacial score (nSPS) is 11.6. The predicted molar refractivity (Wildman–Crippen MR) is 159 cm³/mol. The van der Waals surface area contributed by atoms with Gasteiger partial charge in [-0.05, 0) is 80.8 Å². The minimum atomic E-state index is 0.650. The molecule has 172 valence electrons. The van der Waals surface area contributed by atoms with E-state index >= 15 is 0 Å². The predicted octanol–water partition coefficient (Wildman–Crippen LogP) is 9.49. The molecule has 0 saturated carbocycles.